The van der Waals surface area contributed by atoms with Crippen LogP contribution in [-0.2, 0) is 6.54 Å². The van der Waals surface area contributed by atoms with E-state index >= 15 is 0 Å². The average Bonchev–Trinajstić information content (AvgIpc) is 2.53. The molecule has 0 aliphatic carbocycles. The van der Waals surface area contributed by atoms with Crippen LogP contribution in [0, 0.1) is 11.2 Å². The van der Waals surface area contributed by atoms with Crippen LogP contribution in [0.15, 0.2) is 22.7 Å². The summed E-state index contributed by atoms with van der Waals surface area (Å²) in [6, 6.07) is 5.25. The Morgan fingerprint density at radius 2 is 2.19 bits per heavy atom. The molecule has 0 bridgehead atoms. The first kappa shape index (κ1) is 12.1. The Morgan fingerprint density at radius 1 is 1.44 bits per heavy atom. The van der Waals surface area contributed by atoms with Crippen molar-refractivity contribution < 1.29 is 4.39 Å². The molecule has 1 heterocycles. The van der Waals surface area contributed by atoms with Gasteiger partial charge in [0.05, 0.1) is 4.47 Å². The van der Waals surface area contributed by atoms with Crippen molar-refractivity contribution in [1.82, 2.24) is 4.90 Å². The van der Waals surface area contributed by atoms with Crippen LogP contribution in [0.25, 0.3) is 0 Å². The fourth-order valence-corrected chi connectivity index (χ4v) is 2.66. The second kappa shape index (κ2) is 4.46. The molecule has 1 fully saturated rings. The molecule has 1 aromatic rings. The van der Waals surface area contributed by atoms with Gasteiger partial charge in [0.2, 0.25) is 0 Å². The molecular weight excluding hydrogens is 269 g/mol. The van der Waals surface area contributed by atoms with Crippen molar-refractivity contribution in [1.29, 1.82) is 0 Å². The van der Waals surface area contributed by atoms with Crippen LogP contribution in [0.2, 0.25) is 0 Å². The Kier molecular flexibility index (Phi) is 3.36. The summed E-state index contributed by atoms with van der Waals surface area (Å²) >= 11 is 3.31. The molecule has 1 aliphatic rings. The van der Waals surface area contributed by atoms with Gasteiger partial charge in [0.1, 0.15) is 5.82 Å². The van der Waals surface area contributed by atoms with Crippen molar-refractivity contribution in [3.63, 3.8) is 0 Å². The molecular formula is C13H17BrFN. The van der Waals surface area contributed by atoms with E-state index in [0.29, 0.717) is 9.89 Å². The number of hydrogen-bond acceptors (Lipinski definition) is 1. The van der Waals surface area contributed by atoms with Crippen molar-refractivity contribution in [2.75, 3.05) is 13.1 Å². The van der Waals surface area contributed by atoms with E-state index in [-0.39, 0.29) is 5.82 Å². The maximum absolute atomic E-state index is 13.3. The summed E-state index contributed by atoms with van der Waals surface area (Å²) < 4.78 is 14.0. The number of benzene rings is 1. The summed E-state index contributed by atoms with van der Waals surface area (Å²) in [7, 11) is 0. The topological polar surface area (TPSA) is 3.24 Å². The Hall–Kier alpha value is -0.410. The molecule has 1 nitrogen and oxygen atoms in total. The molecule has 0 aromatic heterocycles. The van der Waals surface area contributed by atoms with Crippen LogP contribution >= 0.6 is 15.9 Å². The van der Waals surface area contributed by atoms with Gasteiger partial charge >= 0.3 is 0 Å². The Morgan fingerprint density at radius 3 is 2.81 bits per heavy atom. The fraction of sp³-hybridized carbons (Fsp3) is 0.538. The molecule has 0 spiro atoms. The average molecular weight is 286 g/mol. The number of likely N-dealkylation sites (tertiary alicyclic amines) is 1. The van der Waals surface area contributed by atoms with Crippen molar-refractivity contribution >= 4 is 15.9 Å². The number of rotatable bonds is 2. The first-order valence-electron chi connectivity index (χ1n) is 5.63. The molecule has 2 rings (SSSR count). The summed E-state index contributed by atoms with van der Waals surface area (Å²) in [5.41, 5.74) is 1.44. The highest BCUT2D eigenvalue weighted by Crippen LogP contribution is 2.31. The standard InChI is InChI=1S/C13H17BrFN/c1-13(2)6-7-16(9-13)8-10-4-3-5-11(15)12(10)14/h3-5H,6-9H2,1-2H3. The third-order valence-electron chi connectivity index (χ3n) is 3.18. The van der Waals surface area contributed by atoms with E-state index in [2.05, 4.69) is 34.7 Å². The van der Waals surface area contributed by atoms with Crippen molar-refractivity contribution in [2.24, 2.45) is 5.41 Å². The molecule has 1 aliphatic heterocycles. The lowest BCUT2D eigenvalue weighted by Crippen LogP contribution is -2.23. The minimum absolute atomic E-state index is 0.170. The lowest BCUT2D eigenvalue weighted by Gasteiger charge is -2.20. The van der Waals surface area contributed by atoms with Crippen molar-refractivity contribution in [2.45, 2.75) is 26.8 Å². The zero-order valence-electron chi connectivity index (χ0n) is 9.76. The van der Waals surface area contributed by atoms with Gasteiger partial charge in [-0.3, -0.25) is 4.90 Å². The SMILES string of the molecule is CC1(C)CCN(Cc2cccc(F)c2Br)C1. The molecule has 88 valence electrons. The number of halogens is 2. The van der Waals surface area contributed by atoms with E-state index < -0.39 is 0 Å². The van der Waals surface area contributed by atoms with Gasteiger partial charge in [-0.1, -0.05) is 26.0 Å². The molecule has 3 heteroatoms. The van der Waals surface area contributed by atoms with Gasteiger partial charge in [0.15, 0.2) is 0 Å². The van der Waals surface area contributed by atoms with E-state index in [4.69, 9.17) is 0 Å². The highest BCUT2D eigenvalue weighted by molar-refractivity contribution is 9.10. The Balaban J connectivity index is 2.08. The Bertz CT molecular complexity index is 390. The maximum Gasteiger partial charge on any atom is 0.137 e. The van der Waals surface area contributed by atoms with E-state index in [9.17, 15) is 4.39 Å². The monoisotopic (exact) mass is 285 g/mol. The minimum Gasteiger partial charge on any atom is -0.298 e. The van der Waals surface area contributed by atoms with Gasteiger partial charge in [-0.05, 0) is 45.9 Å². The van der Waals surface area contributed by atoms with Gasteiger partial charge in [-0.2, -0.15) is 0 Å². The predicted octanol–water partition coefficient (Wildman–Crippen LogP) is 3.82. The maximum atomic E-state index is 13.3. The molecule has 1 aromatic carbocycles. The normalized spacial score (nSPS) is 20.2. The quantitative estimate of drug-likeness (QED) is 0.799. The summed E-state index contributed by atoms with van der Waals surface area (Å²) in [4.78, 5) is 2.39. The summed E-state index contributed by atoms with van der Waals surface area (Å²) in [5.74, 6) is -0.170. The van der Waals surface area contributed by atoms with Crippen LogP contribution in [-0.4, -0.2) is 18.0 Å². The van der Waals surface area contributed by atoms with Crippen LogP contribution in [0.1, 0.15) is 25.8 Å². The molecule has 0 saturated carbocycles. The highest BCUT2D eigenvalue weighted by Gasteiger charge is 2.29. The molecule has 0 radical (unpaired) electrons. The van der Waals surface area contributed by atoms with Gasteiger partial charge in [0.25, 0.3) is 0 Å². The predicted molar refractivity (Wildman–Crippen MR) is 67.8 cm³/mol. The smallest absolute Gasteiger partial charge is 0.137 e. The third kappa shape index (κ3) is 2.64. The highest BCUT2D eigenvalue weighted by atomic mass is 79.9. The van der Waals surface area contributed by atoms with E-state index in [0.717, 1.165) is 25.2 Å². The number of hydrogen-bond donors (Lipinski definition) is 0. The van der Waals surface area contributed by atoms with Crippen molar-refractivity contribution in [3.8, 4) is 0 Å². The lowest BCUT2D eigenvalue weighted by atomic mass is 9.93. The van der Waals surface area contributed by atoms with Crippen LogP contribution < -0.4 is 0 Å². The Labute approximate surface area is 105 Å². The van der Waals surface area contributed by atoms with Crippen LogP contribution in [0.5, 0.6) is 0 Å². The summed E-state index contributed by atoms with van der Waals surface area (Å²) in [5, 5.41) is 0. The molecule has 0 unspecified atom stereocenters. The molecule has 0 atom stereocenters. The van der Waals surface area contributed by atoms with Gasteiger partial charge in [0, 0.05) is 13.1 Å². The molecule has 16 heavy (non-hydrogen) atoms. The summed E-state index contributed by atoms with van der Waals surface area (Å²) in [6.45, 7) is 7.61. The van der Waals surface area contributed by atoms with E-state index in [1.165, 1.54) is 12.5 Å². The summed E-state index contributed by atoms with van der Waals surface area (Å²) in [6.07, 6.45) is 1.22. The first-order chi connectivity index (χ1) is 7.48. The van der Waals surface area contributed by atoms with Gasteiger partial charge < -0.3 is 0 Å². The number of nitrogens with zero attached hydrogens (tertiary/aromatic N) is 1. The van der Waals surface area contributed by atoms with Crippen LogP contribution in [0.3, 0.4) is 0 Å². The third-order valence-corrected chi connectivity index (χ3v) is 4.07. The van der Waals surface area contributed by atoms with Crippen molar-refractivity contribution in [3.05, 3.63) is 34.1 Å². The fourth-order valence-electron chi connectivity index (χ4n) is 2.27. The largest absolute Gasteiger partial charge is 0.298 e. The zero-order chi connectivity index (χ0) is 11.8. The first-order valence-corrected chi connectivity index (χ1v) is 6.42. The second-order valence-electron chi connectivity index (χ2n) is 5.34. The second-order valence-corrected chi connectivity index (χ2v) is 6.13. The lowest BCUT2D eigenvalue weighted by molar-refractivity contribution is 0.283. The molecule has 1 saturated heterocycles. The molecule has 0 N–H and O–H groups in total. The van der Waals surface area contributed by atoms with Crippen LogP contribution in [0.4, 0.5) is 4.39 Å². The van der Waals surface area contributed by atoms with Gasteiger partial charge in [-0.15, -0.1) is 0 Å². The van der Waals surface area contributed by atoms with Gasteiger partial charge in [-0.25, -0.2) is 4.39 Å². The van der Waals surface area contributed by atoms with E-state index in [1.54, 1.807) is 6.07 Å². The minimum atomic E-state index is -0.170. The van der Waals surface area contributed by atoms with E-state index in [1.807, 2.05) is 6.07 Å². The zero-order valence-corrected chi connectivity index (χ0v) is 11.3. The molecule has 0 amide bonds.